The maximum atomic E-state index is 12.1. The molecule has 1 aliphatic heterocycles. The number of rotatable bonds is 4. The van der Waals surface area contributed by atoms with Gasteiger partial charge in [-0.2, -0.15) is 0 Å². The number of amides is 1. The van der Waals surface area contributed by atoms with Gasteiger partial charge in [-0.3, -0.25) is 4.79 Å². The van der Waals surface area contributed by atoms with E-state index in [-0.39, 0.29) is 12.1 Å². The van der Waals surface area contributed by atoms with Crippen LogP contribution in [0.1, 0.15) is 46.5 Å². The highest BCUT2D eigenvalue weighted by Gasteiger charge is 2.28. The maximum Gasteiger partial charge on any atom is 0.410 e. The zero-order valence-electron chi connectivity index (χ0n) is 13.6. The Labute approximate surface area is 126 Å². The van der Waals surface area contributed by atoms with Gasteiger partial charge in [0.2, 0.25) is 0 Å². The van der Waals surface area contributed by atoms with Crippen LogP contribution in [0.25, 0.3) is 0 Å². The molecule has 0 bridgehead atoms. The molecule has 0 radical (unpaired) electrons. The lowest BCUT2D eigenvalue weighted by Gasteiger charge is -2.34. The van der Waals surface area contributed by atoms with Crippen molar-refractivity contribution in [1.29, 1.82) is 0 Å². The molecule has 0 aromatic rings. The Balaban J connectivity index is 2.42. The highest BCUT2D eigenvalue weighted by molar-refractivity contribution is 5.75. The van der Waals surface area contributed by atoms with Crippen LogP contribution in [0.4, 0.5) is 4.79 Å². The van der Waals surface area contributed by atoms with Crippen LogP contribution < -0.4 is 5.73 Å². The molecular weight excluding hydrogens is 272 g/mol. The van der Waals surface area contributed by atoms with Crippen LogP contribution in [-0.2, 0) is 14.3 Å². The van der Waals surface area contributed by atoms with E-state index in [4.69, 9.17) is 10.5 Å². The summed E-state index contributed by atoms with van der Waals surface area (Å²) in [6.45, 7) is 6.99. The lowest BCUT2D eigenvalue weighted by molar-refractivity contribution is -0.142. The van der Waals surface area contributed by atoms with E-state index in [1.807, 2.05) is 20.8 Å². The second-order valence-corrected chi connectivity index (χ2v) is 6.64. The van der Waals surface area contributed by atoms with E-state index < -0.39 is 11.6 Å². The second kappa shape index (κ2) is 7.64. The number of nitrogens with two attached hydrogens (primary N) is 1. The number of carbonyl (C=O) groups excluding carboxylic acids is 2. The van der Waals surface area contributed by atoms with Gasteiger partial charge in [0, 0.05) is 13.1 Å². The minimum atomic E-state index is -0.577. The molecule has 1 saturated heterocycles. The fraction of sp³-hybridized carbons (Fsp3) is 0.867. The van der Waals surface area contributed by atoms with E-state index in [1.54, 1.807) is 4.90 Å². The number of hydrogen-bond acceptors (Lipinski definition) is 5. The van der Waals surface area contributed by atoms with Crippen LogP contribution in [0.3, 0.4) is 0 Å². The summed E-state index contributed by atoms with van der Waals surface area (Å²) in [5, 5.41) is 0. The molecule has 1 heterocycles. The SMILES string of the molecule is COC(=O)[C@H](N)CC[C@H]1CCCN(C(=O)OC(C)(C)C)C1. The molecule has 0 spiro atoms. The van der Waals surface area contributed by atoms with Crippen molar-refractivity contribution in [3.8, 4) is 0 Å². The lowest BCUT2D eigenvalue weighted by Crippen LogP contribution is -2.43. The molecule has 21 heavy (non-hydrogen) atoms. The average Bonchev–Trinajstić information content (AvgIpc) is 2.42. The van der Waals surface area contributed by atoms with Gasteiger partial charge in [0.15, 0.2) is 0 Å². The molecule has 1 amide bonds. The van der Waals surface area contributed by atoms with Gasteiger partial charge in [0.1, 0.15) is 11.6 Å². The summed E-state index contributed by atoms with van der Waals surface area (Å²) in [5.74, 6) is -0.0169. The van der Waals surface area contributed by atoms with Gasteiger partial charge in [0.05, 0.1) is 7.11 Å². The Bertz CT molecular complexity index is 365. The third kappa shape index (κ3) is 6.33. The minimum absolute atomic E-state index is 0.260. The van der Waals surface area contributed by atoms with E-state index >= 15 is 0 Å². The Morgan fingerprint density at radius 3 is 2.62 bits per heavy atom. The molecular formula is C15H28N2O4. The molecule has 0 aromatic carbocycles. The predicted molar refractivity (Wildman–Crippen MR) is 79.8 cm³/mol. The van der Waals surface area contributed by atoms with E-state index in [0.717, 1.165) is 25.8 Å². The van der Waals surface area contributed by atoms with Crippen LogP contribution in [0.2, 0.25) is 0 Å². The standard InChI is InChI=1S/C15H28N2O4/c1-15(2,3)21-14(19)17-9-5-6-11(10-17)7-8-12(16)13(18)20-4/h11-12H,5-10,16H2,1-4H3/t11-,12-/m1/s1. The topological polar surface area (TPSA) is 81.9 Å². The van der Waals surface area contributed by atoms with Crippen molar-refractivity contribution in [3.05, 3.63) is 0 Å². The first-order chi connectivity index (χ1) is 9.73. The van der Waals surface area contributed by atoms with Crippen molar-refractivity contribution in [2.24, 2.45) is 11.7 Å². The molecule has 0 aliphatic carbocycles. The van der Waals surface area contributed by atoms with Crippen molar-refractivity contribution in [2.45, 2.75) is 58.1 Å². The minimum Gasteiger partial charge on any atom is -0.468 e. The normalized spacial score (nSPS) is 20.8. The Kier molecular flexibility index (Phi) is 6.45. The molecule has 6 nitrogen and oxygen atoms in total. The molecule has 1 aliphatic rings. The quantitative estimate of drug-likeness (QED) is 0.802. The summed E-state index contributed by atoms with van der Waals surface area (Å²) in [7, 11) is 1.34. The lowest BCUT2D eigenvalue weighted by atomic mass is 9.92. The van der Waals surface area contributed by atoms with Gasteiger partial charge in [-0.1, -0.05) is 0 Å². The van der Waals surface area contributed by atoms with Gasteiger partial charge in [-0.05, 0) is 52.4 Å². The maximum absolute atomic E-state index is 12.1. The Morgan fingerprint density at radius 1 is 1.38 bits per heavy atom. The molecule has 1 fully saturated rings. The number of carbonyl (C=O) groups is 2. The number of likely N-dealkylation sites (tertiary alicyclic amines) is 1. The Hall–Kier alpha value is -1.30. The smallest absolute Gasteiger partial charge is 0.410 e. The van der Waals surface area contributed by atoms with Crippen LogP contribution in [-0.4, -0.2) is 48.8 Å². The van der Waals surface area contributed by atoms with Gasteiger partial charge in [-0.25, -0.2) is 4.79 Å². The predicted octanol–water partition coefficient (Wildman–Crippen LogP) is 1.91. The molecule has 2 atom stereocenters. The van der Waals surface area contributed by atoms with Gasteiger partial charge < -0.3 is 20.1 Å². The number of piperidine rings is 1. The van der Waals surface area contributed by atoms with Crippen molar-refractivity contribution in [1.82, 2.24) is 4.90 Å². The van der Waals surface area contributed by atoms with Crippen molar-refractivity contribution in [2.75, 3.05) is 20.2 Å². The van der Waals surface area contributed by atoms with Crippen LogP contribution in [0.5, 0.6) is 0 Å². The number of esters is 1. The largest absolute Gasteiger partial charge is 0.468 e. The molecule has 0 unspecified atom stereocenters. The summed E-state index contributed by atoms with van der Waals surface area (Å²) in [4.78, 5) is 25.1. The van der Waals surface area contributed by atoms with Crippen molar-refractivity contribution in [3.63, 3.8) is 0 Å². The molecule has 0 aromatic heterocycles. The first-order valence-corrected chi connectivity index (χ1v) is 7.54. The molecule has 1 rings (SSSR count). The van der Waals surface area contributed by atoms with Gasteiger partial charge in [-0.15, -0.1) is 0 Å². The summed E-state index contributed by atoms with van der Waals surface area (Å²) in [5.41, 5.74) is 5.27. The molecule has 122 valence electrons. The summed E-state index contributed by atoms with van der Waals surface area (Å²) < 4.78 is 10.0. The van der Waals surface area contributed by atoms with Crippen LogP contribution in [0.15, 0.2) is 0 Å². The average molecular weight is 300 g/mol. The fourth-order valence-corrected chi connectivity index (χ4v) is 2.48. The second-order valence-electron chi connectivity index (χ2n) is 6.64. The van der Waals surface area contributed by atoms with Crippen LogP contribution in [0, 0.1) is 5.92 Å². The van der Waals surface area contributed by atoms with Crippen molar-refractivity contribution < 1.29 is 19.1 Å². The van der Waals surface area contributed by atoms with Gasteiger partial charge >= 0.3 is 12.1 Å². The highest BCUT2D eigenvalue weighted by Crippen LogP contribution is 2.23. The number of ether oxygens (including phenoxy) is 2. The van der Waals surface area contributed by atoms with E-state index in [2.05, 4.69) is 4.74 Å². The number of methoxy groups -OCH3 is 1. The molecule has 2 N–H and O–H groups in total. The van der Waals surface area contributed by atoms with Crippen molar-refractivity contribution >= 4 is 12.1 Å². The monoisotopic (exact) mass is 300 g/mol. The van der Waals surface area contributed by atoms with E-state index in [1.165, 1.54) is 7.11 Å². The Morgan fingerprint density at radius 2 is 2.05 bits per heavy atom. The number of nitrogens with zero attached hydrogens (tertiary/aromatic N) is 1. The third-order valence-electron chi connectivity index (χ3n) is 3.56. The first-order valence-electron chi connectivity index (χ1n) is 7.54. The summed E-state index contributed by atoms with van der Waals surface area (Å²) in [6, 6.07) is -0.577. The number of hydrogen-bond donors (Lipinski definition) is 1. The van der Waals surface area contributed by atoms with Crippen LogP contribution >= 0.6 is 0 Å². The summed E-state index contributed by atoms with van der Waals surface area (Å²) >= 11 is 0. The fourth-order valence-electron chi connectivity index (χ4n) is 2.48. The highest BCUT2D eigenvalue weighted by atomic mass is 16.6. The zero-order chi connectivity index (χ0) is 16.0. The van der Waals surface area contributed by atoms with E-state index in [0.29, 0.717) is 18.9 Å². The zero-order valence-corrected chi connectivity index (χ0v) is 13.6. The van der Waals surface area contributed by atoms with E-state index in [9.17, 15) is 9.59 Å². The third-order valence-corrected chi connectivity index (χ3v) is 3.56. The molecule has 6 heteroatoms. The van der Waals surface area contributed by atoms with Gasteiger partial charge in [0.25, 0.3) is 0 Å². The first kappa shape index (κ1) is 17.8. The molecule has 0 saturated carbocycles. The summed E-state index contributed by atoms with van der Waals surface area (Å²) in [6.07, 6.45) is 3.14.